The standard InChI is InChI=1S/C10H6BrCl2NO/c11-10-8(5-12)9(14-15-10)6-2-1-3-7(13)4-6/h1-4H,5H2. The van der Waals surface area contributed by atoms with Gasteiger partial charge in [0.05, 0.1) is 5.88 Å². The number of hydrogen-bond donors (Lipinski definition) is 0. The van der Waals surface area contributed by atoms with Gasteiger partial charge >= 0.3 is 0 Å². The first kappa shape index (κ1) is 11.0. The van der Waals surface area contributed by atoms with Crippen LogP contribution in [0.3, 0.4) is 0 Å². The molecule has 1 aromatic heterocycles. The van der Waals surface area contributed by atoms with Crippen LogP contribution in [0, 0.1) is 0 Å². The van der Waals surface area contributed by atoms with E-state index < -0.39 is 0 Å². The second-order valence-electron chi connectivity index (χ2n) is 2.93. The van der Waals surface area contributed by atoms with Gasteiger partial charge in [0.1, 0.15) is 5.69 Å². The SMILES string of the molecule is ClCc1c(-c2cccc(Cl)c2)noc1Br. The van der Waals surface area contributed by atoms with Crippen LogP contribution >= 0.6 is 39.1 Å². The molecule has 1 heterocycles. The highest BCUT2D eigenvalue weighted by Crippen LogP contribution is 2.31. The average Bonchev–Trinajstić information content (AvgIpc) is 2.59. The van der Waals surface area contributed by atoms with E-state index in [0.29, 0.717) is 15.6 Å². The van der Waals surface area contributed by atoms with Crippen molar-refractivity contribution in [1.29, 1.82) is 0 Å². The monoisotopic (exact) mass is 305 g/mol. The summed E-state index contributed by atoms with van der Waals surface area (Å²) in [6.07, 6.45) is 0. The molecule has 1 aromatic carbocycles. The fraction of sp³-hybridized carbons (Fsp3) is 0.100. The molecule has 0 radical (unpaired) electrons. The zero-order valence-corrected chi connectivity index (χ0v) is 10.6. The maximum absolute atomic E-state index is 5.89. The molecule has 0 saturated carbocycles. The van der Waals surface area contributed by atoms with Gasteiger partial charge in [-0.2, -0.15) is 0 Å². The highest BCUT2D eigenvalue weighted by molar-refractivity contribution is 9.10. The lowest BCUT2D eigenvalue weighted by atomic mass is 10.1. The van der Waals surface area contributed by atoms with Gasteiger partial charge in [-0.1, -0.05) is 28.9 Å². The highest BCUT2D eigenvalue weighted by Gasteiger charge is 2.14. The third-order valence-corrected chi connectivity index (χ3v) is 3.10. The molecule has 0 atom stereocenters. The molecule has 0 saturated heterocycles. The Bertz CT molecular complexity index is 484. The Morgan fingerprint density at radius 3 is 2.87 bits per heavy atom. The molecule has 0 aliphatic heterocycles. The fourth-order valence-corrected chi connectivity index (χ4v) is 2.27. The van der Waals surface area contributed by atoms with E-state index in [9.17, 15) is 0 Å². The maximum Gasteiger partial charge on any atom is 0.206 e. The van der Waals surface area contributed by atoms with Gasteiger partial charge in [0.15, 0.2) is 0 Å². The predicted octanol–water partition coefficient (Wildman–Crippen LogP) is 4.50. The summed E-state index contributed by atoms with van der Waals surface area (Å²) in [6, 6.07) is 7.40. The van der Waals surface area contributed by atoms with E-state index >= 15 is 0 Å². The van der Waals surface area contributed by atoms with Gasteiger partial charge in [0, 0.05) is 16.1 Å². The van der Waals surface area contributed by atoms with E-state index in [2.05, 4.69) is 21.1 Å². The van der Waals surface area contributed by atoms with Crippen LogP contribution in [0.5, 0.6) is 0 Å². The molecule has 0 fully saturated rings. The summed E-state index contributed by atoms with van der Waals surface area (Å²) in [5.74, 6) is 0.339. The Morgan fingerprint density at radius 2 is 2.20 bits per heavy atom. The number of hydrogen-bond acceptors (Lipinski definition) is 2. The van der Waals surface area contributed by atoms with Crippen molar-refractivity contribution < 1.29 is 4.52 Å². The van der Waals surface area contributed by atoms with Crippen LogP contribution in [-0.2, 0) is 5.88 Å². The van der Waals surface area contributed by atoms with Gasteiger partial charge in [-0.15, -0.1) is 11.6 Å². The Hall–Kier alpha value is -0.510. The summed E-state index contributed by atoms with van der Waals surface area (Å²) in [5.41, 5.74) is 2.45. The second kappa shape index (κ2) is 4.56. The molecule has 2 rings (SSSR count). The van der Waals surface area contributed by atoms with Crippen molar-refractivity contribution in [1.82, 2.24) is 5.16 Å². The minimum atomic E-state index is 0.339. The van der Waals surface area contributed by atoms with E-state index in [1.807, 2.05) is 18.2 Å². The largest absolute Gasteiger partial charge is 0.348 e. The third-order valence-electron chi connectivity index (χ3n) is 1.97. The molecule has 15 heavy (non-hydrogen) atoms. The minimum absolute atomic E-state index is 0.339. The second-order valence-corrected chi connectivity index (χ2v) is 4.35. The summed E-state index contributed by atoms with van der Waals surface area (Å²) in [4.78, 5) is 0. The Morgan fingerprint density at radius 1 is 1.40 bits per heavy atom. The summed E-state index contributed by atoms with van der Waals surface area (Å²) in [6.45, 7) is 0. The van der Waals surface area contributed by atoms with E-state index in [-0.39, 0.29) is 0 Å². The van der Waals surface area contributed by atoms with Crippen molar-refractivity contribution in [2.45, 2.75) is 5.88 Å². The van der Waals surface area contributed by atoms with Crippen LogP contribution in [0.15, 0.2) is 33.5 Å². The first-order valence-corrected chi connectivity index (χ1v) is 5.89. The molecule has 0 aliphatic carbocycles. The van der Waals surface area contributed by atoms with Gasteiger partial charge in [0.2, 0.25) is 4.67 Å². The smallest absolute Gasteiger partial charge is 0.206 e. The van der Waals surface area contributed by atoms with Crippen LogP contribution in [0.25, 0.3) is 11.3 Å². The Labute approximate surface area is 105 Å². The Kier molecular flexibility index (Phi) is 3.34. The van der Waals surface area contributed by atoms with E-state index in [1.165, 1.54) is 0 Å². The first-order chi connectivity index (χ1) is 7.22. The van der Waals surface area contributed by atoms with Crippen LogP contribution in [0.2, 0.25) is 5.02 Å². The van der Waals surface area contributed by atoms with Gasteiger partial charge < -0.3 is 4.52 Å². The number of halogens is 3. The molecular formula is C10H6BrCl2NO. The van der Waals surface area contributed by atoms with Crippen molar-refractivity contribution in [2.24, 2.45) is 0 Å². The summed E-state index contributed by atoms with van der Waals surface area (Å²) in [7, 11) is 0. The van der Waals surface area contributed by atoms with E-state index in [1.54, 1.807) is 6.07 Å². The van der Waals surface area contributed by atoms with Crippen LogP contribution in [-0.4, -0.2) is 5.16 Å². The molecule has 0 bridgehead atoms. The first-order valence-electron chi connectivity index (χ1n) is 4.18. The van der Waals surface area contributed by atoms with Crippen molar-refractivity contribution >= 4 is 39.1 Å². The molecule has 0 spiro atoms. The van der Waals surface area contributed by atoms with E-state index in [4.69, 9.17) is 27.7 Å². The van der Waals surface area contributed by atoms with Gasteiger partial charge in [-0.05, 0) is 28.1 Å². The zero-order valence-electron chi connectivity index (χ0n) is 7.51. The van der Waals surface area contributed by atoms with Gasteiger partial charge in [-0.3, -0.25) is 0 Å². The number of nitrogens with zero attached hydrogens (tertiary/aromatic N) is 1. The molecule has 78 valence electrons. The molecule has 0 aliphatic rings. The predicted molar refractivity (Wildman–Crippen MR) is 64.2 cm³/mol. The van der Waals surface area contributed by atoms with Gasteiger partial charge in [-0.25, -0.2) is 0 Å². The molecule has 0 amide bonds. The molecule has 5 heteroatoms. The molecular weight excluding hydrogens is 301 g/mol. The average molecular weight is 307 g/mol. The van der Waals surface area contributed by atoms with Crippen LogP contribution in [0.1, 0.15) is 5.56 Å². The fourth-order valence-electron chi connectivity index (χ4n) is 1.27. The number of aromatic nitrogens is 1. The molecule has 0 unspecified atom stereocenters. The van der Waals surface area contributed by atoms with Gasteiger partial charge in [0.25, 0.3) is 0 Å². The summed E-state index contributed by atoms with van der Waals surface area (Å²) >= 11 is 14.9. The molecule has 2 aromatic rings. The number of rotatable bonds is 2. The topological polar surface area (TPSA) is 26.0 Å². The molecule has 2 nitrogen and oxygen atoms in total. The molecule has 0 N–H and O–H groups in total. The van der Waals surface area contributed by atoms with Crippen LogP contribution < -0.4 is 0 Å². The number of benzene rings is 1. The minimum Gasteiger partial charge on any atom is -0.348 e. The van der Waals surface area contributed by atoms with Crippen molar-refractivity contribution in [3.05, 3.63) is 39.5 Å². The van der Waals surface area contributed by atoms with Crippen molar-refractivity contribution in [3.63, 3.8) is 0 Å². The van der Waals surface area contributed by atoms with Crippen molar-refractivity contribution in [3.8, 4) is 11.3 Å². The highest BCUT2D eigenvalue weighted by atomic mass is 79.9. The van der Waals surface area contributed by atoms with Crippen LogP contribution in [0.4, 0.5) is 0 Å². The quantitative estimate of drug-likeness (QED) is 0.764. The normalized spacial score (nSPS) is 10.6. The number of alkyl halides is 1. The summed E-state index contributed by atoms with van der Waals surface area (Å²) < 4.78 is 5.58. The summed E-state index contributed by atoms with van der Waals surface area (Å²) in [5, 5.41) is 4.59. The lowest BCUT2D eigenvalue weighted by Gasteiger charge is -1.98. The third kappa shape index (κ3) is 2.19. The zero-order chi connectivity index (χ0) is 10.8. The Balaban J connectivity index is 2.54. The lowest BCUT2D eigenvalue weighted by Crippen LogP contribution is -1.83. The van der Waals surface area contributed by atoms with E-state index in [0.717, 1.165) is 16.8 Å². The lowest BCUT2D eigenvalue weighted by molar-refractivity contribution is 0.401. The van der Waals surface area contributed by atoms with Crippen molar-refractivity contribution in [2.75, 3.05) is 0 Å². The maximum atomic E-state index is 5.89.